The average molecular weight is 423 g/mol. The molecule has 5 nitrogen and oxygen atoms in total. The van der Waals surface area contributed by atoms with Crippen LogP contribution in [0.3, 0.4) is 0 Å². The van der Waals surface area contributed by atoms with Gasteiger partial charge in [-0.2, -0.15) is 0 Å². The van der Waals surface area contributed by atoms with Crippen LogP contribution in [0.2, 0.25) is 5.02 Å². The highest BCUT2D eigenvalue weighted by Crippen LogP contribution is 2.25. The molecule has 2 rings (SSSR count). The van der Waals surface area contributed by atoms with E-state index in [2.05, 4.69) is 25.4 Å². The van der Waals surface area contributed by atoms with E-state index in [9.17, 15) is 17.6 Å². The molecule has 0 spiro atoms. The molecule has 0 aromatic heterocycles. The van der Waals surface area contributed by atoms with Gasteiger partial charge >= 0.3 is 5.97 Å². The average Bonchev–Trinajstić information content (AvgIpc) is 2.49. The van der Waals surface area contributed by atoms with Gasteiger partial charge in [0.2, 0.25) is 0 Å². The standard InChI is InChI=1S/C14H10BrClFNO4S/c1-22-14(19)10-7-9(3-4-11(10)16)23(20,21)18-13-5-2-8(15)6-12(13)17/h2-7,18H,1H3. The van der Waals surface area contributed by atoms with Crippen LogP contribution in [-0.4, -0.2) is 21.5 Å². The molecule has 0 aliphatic carbocycles. The summed E-state index contributed by atoms with van der Waals surface area (Å²) < 4.78 is 45.5. The van der Waals surface area contributed by atoms with Gasteiger partial charge in [0, 0.05) is 4.47 Å². The molecule has 0 bridgehead atoms. The number of carbonyl (C=O) groups is 1. The van der Waals surface area contributed by atoms with Gasteiger partial charge in [0.25, 0.3) is 10.0 Å². The van der Waals surface area contributed by atoms with Crippen LogP contribution in [0.25, 0.3) is 0 Å². The number of carbonyl (C=O) groups excluding carboxylic acids is 1. The predicted octanol–water partition coefficient (Wildman–Crippen LogP) is 3.83. The van der Waals surface area contributed by atoms with Crippen LogP contribution in [0.4, 0.5) is 10.1 Å². The smallest absolute Gasteiger partial charge is 0.339 e. The number of methoxy groups -OCH3 is 1. The van der Waals surface area contributed by atoms with E-state index in [-0.39, 0.29) is 21.2 Å². The van der Waals surface area contributed by atoms with Gasteiger partial charge in [0.05, 0.1) is 28.3 Å². The number of benzene rings is 2. The fourth-order valence-corrected chi connectivity index (χ4v) is 3.33. The van der Waals surface area contributed by atoms with Gasteiger partial charge < -0.3 is 4.74 Å². The quantitative estimate of drug-likeness (QED) is 0.760. The van der Waals surface area contributed by atoms with Crippen LogP contribution in [0.5, 0.6) is 0 Å². The maximum atomic E-state index is 13.8. The fraction of sp³-hybridized carbons (Fsp3) is 0.0714. The lowest BCUT2D eigenvalue weighted by atomic mass is 10.2. The highest BCUT2D eigenvalue weighted by atomic mass is 79.9. The van der Waals surface area contributed by atoms with Gasteiger partial charge in [-0.05, 0) is 36.4 Å². The zero-order chi connectivity index (χ0) is 17.2. The summed E-state index contributed by atoms with van der Waals surface area (Å²) in [5, 5.41) is 0.0469. The first-order chi connectivity index (χ1) is 10.7. The number of hydrogen-bond donors (Lipinski definition) is 1. The minimum atomic E-state index is -4.10. The van der Waals surface area contributed by atoms with E-state index >= 15 is 0 Å². The molecule has 122 valence electrons. The van der Waals surface area contributed by atoms with Crippen molar-refractivity contribution in [3.8, 4) is 0 Å². The van der Waals surface area contributed by atoms with Crippen molar-refractivity contribution >= 4 is 49.2 Å². The normalized spacial score (nSPS) is 11.1. The number of ether oxygens (including phenoxy) is 1. The lowest BCUT2D eigenvalue weighted by Gasteiger charge is -2.11. The molecule has 0 heterocycles. The molecule has 0 saturated heterocycles. The van der Waals surface area contributed by atoms with Crippen LogP contribution < -0.4 is 4.72 Å². The number of hydrogen-bond acceptors (Lipinski definition) is 4. The lowest BCUT2D eigenvalue weighted by Crippen LogP contribution is -2.15. The van der Waals surface area contributed by atoms with Crippen LogP contribution in [0.15, 0.2) is 45.8 Å². The van der Waals surface area contributed by atoms with Crippen LogP contribution in [-0.2, 0) is 14.8 Å². The fourth-order valence-electron chi connectivity index (χ4n) is 1.71. The summed E-state index contributed by atoms with van der Waals surface area (Å²) in [5.41, 5.74) is -0.323. The van der Waals surface area contributed by atoms with Crippen molar-refractivity contribution in [1.82, 2.24) is 0 Å². The predicted molar refractivity (Wildman–Crippen MR) is 87.7 cm³/mol. The van der Waals surface area contributed by atoms with Gasteiger partial charge in [0.1, 0.15) is 5.82 Å². The first kappa shape index (κ1) is 17.7. The van der Waals surface area contributed by atoms with Crippen molar-refractivity contribution in [3.63, 3.8) is 0 Å². The Morgan fingerprint density at radius 2 is 1.96 bits per heavy atom. The highest BCUT2D eigenvalue weighted by molar-refractivity contribution is 9.10. The highest BCUT2D eigenvalue weighted by Gasteiger charge is 2.20. The number of anilines is 1. The Hall–Kier alpha value is -1.64. The molecular weight excluding hydrogens is 413 g/mol. The van der Waals surface area contributed by atoms with Gasteiger partial charge in [-0.25, -0.2) is 17.6 Å². The van der Waals surface area contributed by atoms with Crippen molar-refractivity contribution in [3.05, 3.63) is 57.3 Å². The molecule has 0 fully saturated rings. The summed E-state index contributed by atoms with van der Waals surface area (Å²) in [4.78, 5) is 11.3. The molecular formula is C14H10BrClFNO4S. The minimum absolute atomic E-state index is 0.0469. The van der Waals surface area contributed by atoms with E-state index in [1.54, 1.807) is 0 Å². The van der Waals surface area contributed by atoms with Crippen molar-refractivity contribution in [1.29, 1.82) is 0 Å². The molecule has 2 aromatic rings. The molecule has 0 atom stereocenters. The summed E-state index contributed by atoms with van der Waals surface area (Å²) in [6.45, 7) is 0. The van der Waals surface area contributed by atoms with E-state index in [1.165, 1.54) is 24.3 Å². The van der Waals surface area contributed by atoms with Crippen molar-refractivity contribution in [2.45, 2.75) is 4.90 Å². The Bertz CT molecular complexity index is 873. The van der Waals surface area contributed by atoms with Gasteiger partial charge in [0.15, 0.2) is 0 Å². The Kier molecular flexibility index (Phi) is 5.28. The largest absolute Gasteiger partial charge is 0.465 e. The SMILES string of the molecule is COC(=O)c1cc(S(=O)(=O)Nc2ccc(Br)cc2F)ccc1Cl. The minimum Gasteiger partial charge on any atom is -0.465 e. The third-order valence-electron chi connectivity index (χ3n) is 2.83. The second kappa shape index (κ2) is 6.86. The maximum Gasteiger partial charge on any atom is 0.339 e. The Balaban J connectivity index is 2.42. The summed E-state index contributed by atoms with van der Waals surface area (Å²) in [6, 6.07) is 7.40. The molecule has 0 aliphatic heterocycles. The first-order valence-corrected chi connectivity index (χ1v) is 8.76. The van der Waals surface area contributed by atoms with Crippen molar-refractivity contribution in [2.24, 2.45) is 0 Å². The Morgan fingerprint density at radius 1 is 1.26 bits per heavy atom. The third-order valence-corrected chi connectivity index (χ3v) is 5.01. The molecule has 0 saturated carbocycles. The van der Waals surface area contributed by atoms with E-state index in [1.807, 2.05) is 0 Å². The number of esters is 1. The molecule has 2 aromatic carbocycles. The second-order valence-electron chi connectivity index (χ2n) is 4.36. The van der Waals surface area contributed by atoms with Gasteiger partial charge in [-0.15, -0.1) is 0 Å². The summed E-state index contributed by atoms with van der Waals surface area (Å²) in [5.74, 6) is -1.52. The molecule has 23 heavy (non-hydrogen) atoms. The van der Waals surface area contributed by atoms with Crippen molar-refractivity contribution in [2.75, 3.05) is 11.8 Å². The lowest BCUT2D eigenvalue weighted by molar-refractivity contribution is 0.0600. The molecule has 1 N–H and O–H groups in total. The second-order valence-corrected chi connectivity index (χ2v) is 7.37. The number of sulfonamides is 1. The van der Waals surface area contributed by atoms with Gasteiger partial charge in [-0.1, -0.05) is 27.5 Å². The Morgan fingerprint density at radius 3 is 2.57 bits per heavy atom. The van der Waals surface area contributed by atoms with Crippen LogP contribution >= 0.6 is 27.5 Å². The van der Waals surface area contributed by atoms with E-state index in [0.29, 0.717) is 4.47 Å². The molecule has 9 heteroatoms. The van der Waals surface area contributed by atoms with Crippen LogP contribution in [0.1, 0.15) is 10.4 Å². The molecule has 0 amide bonds. The summed E-state index contributed by atoms with van der Waals surface area (Å²) in [7, 11) is -2.95. The zero-order valence-corrected chi connectivity index (χ0v) is 14.8. The monoisotopic (exact) mass is 421 g/mol. The Labute approximate surface area is 145 Å². The number of rotatable bonds is 4. The number of nitrogens with one attached hydrogen (secondary N) is 1. The van der Waals surface area contributed by atoms with Gasteiger partial charge in [-0.3, -0.25) is 4.72 Å². The molecule has 0 unspecified atom stereocenters. The number of halogens is 3. The van der Waals surface area contributed by atoms with Crippen LogP contribution in [0, 0.1) is 5.82 Å². The summed E-state index contributed by atoms with van der Waals surface area (Å²) in [6.07, 6.45) is 0. The maximum absolute atomic E-state index is 13.8. The third kappa shape index (κ3) is 4.01. The van der Waals surface area contributed by atoms with E-state index in [0.717, 1.165) is 19.2 Å². The van der Waals surface area contributed by atoms with E-state index < -0.39 is 21.8 Å². The topological polar surface area (TPSA) is 72.5 Å². The summed E-state index contributed by atoms with van der Waals surface area (Å²) >= 11 is 8.92. The molecule has 0 radical (unpaired) electrons. The molecule has 0 aliphatic rings. The zero-order valence-electron chi connectivity index (χ0n) is 11.6. The first-order valence-electron chi connectivity index (χ1n) is 6.10. The van der Waals surface area contributed by atoms with Crippen molar-refractivity contribution < 1.29 is 22.3 Å². The van der Waals surface area contributed by atoms with E-state index in [4.69, 9.17) is 11.6 Å².